The fourth-order valence-corrected chi connectivity index (χ4v) is 4.38. The van der Waals surface area contributed by atoms with Gasteiger partial charge in [-0.25, -0.2) is 8.42 Å². The van der Waals surface area contributed by atoms with Gasteiger partial charge in [0.25, 0.3) is 0 Å². The number of carboxylic acid groups (broad SMARTS) is 1. The molecule has 2 rings (SSSR count). The van der Waals surface area contributed by atoms with Gasteiger partial charge in [0, 0.05) is 6.04 Å². The fraction of sp³-hybridized carbons (Fsp3) is 0.818. The maximum Gasteiger partial charge on any atom is 0.323 e. The number of nitrogens with zero attached hydrogens (tertiary/aromatic N) is 1. The zero-order valence-electron chi connectivity index (χ0n) is 10.5. The molecule has 2 fully saturated rings. The number of aliphatic carboxylic acids is 1. The maximum absolute atomic E-state index is 12.3. The van der Waals surface area contributed by atoms with Crippen LogP contribution in [0.1, 0.15) is 19.3 Å². The first-order valence-corrected chi connectivity index (χ1v) is 8.17. The van der Waals surface area contributed by atoms with Gasteiger partial charge < -0.3 is 15.3 Å². The van der Waals surface area contributed by atoms with Gasteiger partial charge >= 0.3 is 5.97 Å². The second kappa shape index (κ2) is 5.46. The number of amides is 1. The molecular weight excluding hydrogens is 272 g/mol. The van der Waals surface area contributed by atoms with E-state index in [0.29, 0.717) is 12.8 Å². The van der Waals surface area contributed by atoms with Crippen LogP contribution in [0.5, 0.6) is 0 Å². The monoisotopic (exact) mass is 290 g/mol. The Bertz CT molecular complexity index is 469. The Hall–Kier alpha value is -1.15. The predicted octanol–water partition coefficient (Wildman–Crippen LogP) is -1.16. The van der Waals surface area contributed by atoms with Crippen LogP contribution in [-0.2, 0) is 19.4 Å². The second-order valence-corrected chi connectivity index (χ2v) is 7.29. The number of nitrogens with one attached hydrogen (secondary N) is 1. The average Bonchev–Trinajstić information content (AvgIpc) is 2.94. The molecule has 8 heteroatoms. The maximum atomic E-state index is 12.3. The van der Waals surface area contributed by atoms with E-state index in [9.17, 15) is 18.0 Å². The molecule has 2 aliphatic heterocycles. The minimum Gasteiger partial charge on any atom is -0.480 e. The van der Waals surface area contributed by atoms with Crippen LogP contribution in [0.4, 0.5) is 0 Å². The first-order chi connectivity index (χ1) is 8.89. The third kappa shape index (κ3) is 3.44. The number of hydrogen-bond acceptors (Lipinski definition) is 5. The summed E-state index contributed by atoms with van der Waals surface area (Å²) >= 11 is 0. The highest BCUT2D eigenvalue weighted by Gasteiger charge is 2.38. The van der Waals surface area contributed by atoms with E-state index in [2.05, 4.69) is 5.32 Å². The molecule has 0 spiro atoms. The van der Waals surface area contributed by atoms with Gasteiger partial charge in [-0.2, -0.15) is 0 Å². The average molecular weight is 290 g/mol. The molecule has 1 unspecified atom stereocenters. The molecule has 19 heavy (non-hydrogen) atoms. The van der Waals surface area contributed by atoms with Gasteiger partial charge in [0.15, 0.2) is 9.84 Å². The van der Waals surface area contributed by atoms with Gasteiger partial charge in [-0.05, 0) is 25.8 Å². The highest BCUT2D eigenvalue weighted by molar-refractivity contribution is 7.91. The molecule has 2 atom stereocenters. The number of rotatable bonds is 4. The molecule has 2 heterocycles. The van der Waals surface area contributed by atoms with E-state index in [4.69, 9.17) is 5.11 Å². The summed E-state index contributed by atoms with van der Waals surface area (Å²) in [6.45, 7) is 0.303. The summed E-state index contributed by atoms with van der Waals surface area (Å²) in [5.41, 5.74) is 0. The molecule has 2 N–H and O–H groups in total. The van der Waals surface area contributed by atoms with Crippen molar-refractivity contribution in [2.45, 2.75) is 31.3 Å². The zero-order chi connectivity index (χ0) is 14.0. The molecule has 2 saturated heterocycles. The van der Waals surface area contributed by atoms with E-state index < -0.39 is 28.4 Å². The number of carbonyl (C=O) groups is 2. The third-order valence-corrected chi connectivity index (χ3v) is 5.35. The quantitative estimate of drug-likeness (QED) is 0.677. The Balaban J connectivity index is 2.11. The van der Waals surface area contributed by atoms with Crippen molar-refractivity contribution in [2.75, 3.05) is 24.6 Å². The predicted molar refractivity (Wildman–Crippen MR) is 67.4 cm³/mol. The summed E-state index contributed by atoms with van der Waals surface area (Å²) in [5, 5.41) is 11.9. The summed E-state index contributed by atoms with van der Waals surface area (Å²) in [6.07, 6.45) is 1.88. The number of sulfone groups is 1. The van der Waals surface area contributed by atoms with Crippen molar-refractivity contribution in [3.05, 3.63) is 0 Å². The van der Waals surface area contributed by atoms with Crippen LogP contribution in [0.2, 0.25) is 0 Å². The van der Waals surface area contributed by atoms with Crippen LogP contribution in [0.3, 0.4) is 0 Å². The number of hydrogen-bond donors (Lipinski definition) is 2. The minimum absolute atomic E-state index is 0.0269. The lowest BCUT2D eigenvalue weighted by Gasteiger charge is -2.29. The lowest BCUT2D eigenvalue weighted by molar-refractivity contribution is -0.146. The standard InChI is InChI=1S/C11H18N2O5S/c14-10(15)6-13(8-3-5-19(17,18)7-8)11(16)9-2-1-4-12-9/h8-9,12H,1-7H2,(H,14,15)/t8?,9-/m1/s1. The summed E-state index contributed by atoms with van der Waals surface area (Å²) < 4.78 is 22.9. The summed E-state index contributed by atoms with van der Waals surface area (Å²) in [7, 11) is -3.14. The van der Waals surface area contributed by atoms with Crippen molar-refractivity contribution in [1.82, 2.24) is 10.2 Å². The van der Waals surface area contributed by atoms with Crippen LogP contribution >= 0.6 is 0 Å². The second-order valence-electron chi connectivity index (χ2n) is 5.07. The van der Waals surface area contributed by atoms with E-state index in [0.717, 1.165) is 13.0 Å². The van der Waals surface area contributed by atoms with Gasteiger partial charge in [0.1, 0.15) is 6.54 Å². The topological polar surface area (TPSA) is 104 Å². The van der Waals surface area contributed by atoms with Gasteiger partial charge in [-0.15, -0.1) is 0 Å². The van der Waals surface area contributed by atoms with Gasteiger partial charge in [-0.1, -0.05) is 0 Å². The Labute approximate surface area is 111 Å². The van der Waals surface area contributed by atoms with E-state index >= 15 is 0 Å². The minimum atomic E-state index is -3.14. The summed E-state index contributed by atoms with van der Waals surface area (Å²) in [5.74, 6) is -1.50. The Morgan fingerprint density at radius 1 is 1.32 bits per heavy atom. The smallest absolute Gasteiger partial charge is 0.323 e. The van der Waals surface area contributed by atoms with E-state index in [1.807, 2.05) is 0 Å². The van der Waals surface area contributed by atoms with E-state index in [1.54, 1.807) is 0 Å². The lowest BCUT2D eigenvalue weighted by Crippen LogP contribution is -2.50. The molecule has 108 valence electrons. The van der Waals surface area contributed by atoms with Crippen molar-refractivity contribution >= 4 is 21.7 Å². The Morgan fingerprint density at radius 3 is 2.53 bits per heavy atom. The van der Waals surface area contributed by atoms with Crippen LogP contribution in [0, 0.1) is 0 Å². The van der Waals surface area contributed by atoms with Crippen molar-refractivity contribution in [1.29, 1.82) is 0 Å². The zero-order valence-corrected chi connectivity index (χ0v) is 11.4. The molecule has 0 saturated carbocycles. The molecule has 0 aromatic heterocycles. The molecule has 0 radical (unpaired) electrons. The van der Waals surface area contributed by atoms with Crippen LogP contribution in [0.15, 0.2) is 0 Å². The highest BCUT2D eigenvalue weighted by Crippen LogP contribution is 2.20. The highest BCUT2D eigenvalue weighted by atomic mass is 32.2. The van der Waals surface area contributed by atoms with E-state index in [-0.39, 0.29) is 23.5 Å². The first kappa shape index (κ1) is 14.3. The Kier molecular flexibility index (Phi) is 4.10. The molecule has 0 aromatic carbocycles. The molecule has 2 aliphatic rings. The van der Waals surface area contributed by atoms with Crippen LogP contribution in [-0.4, -0.2) is 67.0 Å². The molecule has 0 aliphatic carbocycles. The van der Waals surface area contributed by atoms with Crippen LogP contribution in [0.25, 0.3) is 0 Å². The van der Waals surface area contributed by atoms with Gasteiger partial charge in [0.2, 0.25) is 5.91 Å². The summed E-state index contributed by atoms with van der Waals surface area (Å²) in [6, 6.07) is -0.876. The van der Waals surface area contributed by atoms with Crippen molar-refractivity contribution in [3.8, 4) is 0 Å². The number of carboxylic acids is 1. The SMILES string of the molecule is O=C(O)CN(C(=O)[C@H]1CCCN1)C1CCS(=O)(=O)C1. The van der Waals surface area contributed by atoms with Crippen LogP contribution < -0.4 is 5.32 Å². The molecule has 0 bridgehead atoms. The lowest BCUT2D eigenvalue weighted by atomic mass is 10.1. The summed E-state index contributed by atoms with van der Waals surface area (Å²) in [4.78, 5) is 24.4. The van der Waals surface area contributed by atoms with E-state index in [1.165, 1.54) is 4.90 Å². The van der Waals surface area contributed by atoms with Crippen molar-refractivity contribution in [2.24, 2.45) is 0 Å². The van der Waals surface area contributed by atoms with Crippen molar-refractivity contribution in [3.63, 3.8) is 0 Å². The fourth-order valence-electron chi connectivity index (χ4n) is 2.65. The van der Waals surface area contributed by atoms with Gasteiger partial charge in [-0.3, -0.25) is 9.59 Å². The molecule has 7 nitrogen and oxygen atoms in total. The normalized spacial score (nSPS) is 29.3. The third-order valence-electron chi connectivity index (χ3n) is 3.60. The number of carbonyl (C=O) groups excluding carboxylic acids is 1. The molecular formula is C11H18N2O5S. The molecule has 0 aromatic rings. The Morgan fingerprint density at radius 2 is 2.05 bits per heavy atom. The first-order valence-electron chi connectivity index (χ1n) is 6.35. The van der Waals surface area contributed by atoms with Crippen molar-refractivity contribution < 1.29 is 23.1 Å². The molecule has 1 amide bonds. The largest absolute Gasteiger partial charge is 0.480 e. The van der Waals surface area contributed by atoms with Gasteiger partial charge in [0.05, 0.1) is 17.5 Å².